The van der Waals surface area contributed by atoms with Crippen molar-refractivity contribution in [1.29, 1.82) is 0 Å². The maximum atomic E-state index is 5.26. The van der Waals surface area contributed by atoms with Crippen molar-refractivity contribution in [3.63, 3.8) is 0 Å². The Morgan fingerprint density at radius 1 is 0.189 bits per heavy atom. The Bertz CT molecular complexity index is 5650. The van der Waals surface area contributed by atoms with Gasteiger partial charge in [-0.25, -0.2) is 9.97 Å². The number of fused-ring (bicyclic) bond motifs is 8. The molecule has 4 nitrogen and oxygen atoms in total. The van der Waals surface area contributed by atoms with Gasteiger partial charge in [0, 0.05) is 22.5 Å². The molecule has 0 aliphatic heterocycles. The zero-order valence-corrected chi connectivity index (χ0v) is 49.1. The van der Waals surface area contributed by atoms with Crippen molar-refractivity contribution in [3.05, 3.63) is 340 Å². The molecule has 0 unspecified atom stereocenters. The summed E-state index contributed by atoms with van der Waals surface area (Å²) in [5, 5.41) is 15.0. The van der Waals surface area contributed by atoms with Gasteiger partial charge in [0.2, 0.25) is 0 Å². The molecule has 0 bridgehead atoms. The van der Waals surface area contributed by atoms with Gasteiger partial charge in [-0.2, -0.15) is 0 Å². The molecule has 4 heteroatoms. The predicted octanol–water partition coefficient (Wildman–Crippen LogP) is 23.0. The molecule has 0 saturated heterocycles. The normalized spacial score (nSPS) is 11.6. The minimum absolute atomic E-state index is 0.940. The third-order valence-corrected chi connectivity index (χ3v) is 17.9. The first-order chi connectivity index (χ1) is 44.7. The lowest BCUT2D eigenvalue weighted by Gasteiger charge is -2.18. The van der Waals surface area contributed by atoms with E-state index >= 15 is 0 Å². The monoisotopic (exact) mass is 1140 g/mol. The topological polar surface area (TPSA) is 35.6 Å². The average Bonchev–Trinajstić information content (AvgIpc) is 2.22. The van der Waals surface area contributed by atoms with Crippen LogP contribution in [0.2, 0.25) is 0 Å². The van der Waals surface area contributed by atoms with Crippen LogP contribution in [-0.4, -0.2) is 19.1 Å². The molecule has 0 aliphatic rings. The van der Waals surface area contributed by atoms with Crippen LogP contribution >= 0.6 is 0 Å². The van der Waals surface area contributed by atoms with Crippen molar-refractivity contribution < 1.29 is 0 Å². The third-order valence-electron chi connectivity index (χ3n) is 17.9. The van der Waals surface area contributed by atoms with E-state index in [1.807, 2.05) is 0 Å². The Morgan fingerprint density at radius 2 is 0.489 bits per heavy atom. The van der Waals surface area contributed by atoms with Crippen LogP contribution in [-0.2, 0) is 0 Å². The lowest BCUT2D eigenvalue weighted by atomic mass is 9.85. The number of aromatic nitrogens is 4. The van der Waals surface area contributed by atoms with E-state index in [4.69, 9.17) is 9.97 Å². The maximum absolute atomic E-state index is 5.26. The molecular formula is C86H56N4. The van der Waals surface area contributed by atoms with Gasteiger partial charge in [0.05, 0.1) is 22.1 Å². The minimum atomic E-state index is 0.940. The van der Waals surface area contributed by atoms with E-state index in [2.05, 4.69) is 349 Å². The lowest BCUT2D eigenvalue weighted by Crippen LogP contribution is -1.97. The number of hydrogen-bond acceptors (Lipinski definition) is 2. The molecule has 0 fully saturated rings. The van der Waals surface area contributed by atoms with E-state index < -0.39 is 0 Å². The molecule has 0 radical (unpaired) electrons. The van der Waals surface area contributed by atoms with Crippen LogP contribution in [0.3, 0.4) is 0 Å². The Balaban J connectivity index is 0.000000139. The predicted molar refractivity (Wildman–Crippen MR) is 380 cm³/mol. The van der Waals surface area contributed by atoms with Gasteiger partial charge in [-0.05, 0) is 170 Å². The maximum Gasteiger partial charge on any atom is 0.145 e. The number of imidazole rings is 2. The summed E-state index contributed by atoms with van der Waals surface area (Å²) in [7, 11) is 0. The number of para-hydroxylation sites is 4. The van der Waals surface area contributed by atoms with Gasteiger partial charge in [-0.3, -0.25) is 9.13 Å². The fourth-order valence-corrected chi connectivity index (χ4v) is 13.9. The van der Waals surface area contributed by atoms with Gasteiger partial charge in [-0.1, -0.05) is 279 Å². The molecule has 90 heavy (non-hydrogen) atoms. The van der Waals surface area contributed by atoms with Crippen LogP contribution in [0.5, 0.6) is 0 Å². The molecule has 18 aromatic rings. The van der Waals surface area contributed by atoms with Crippen molar-refractivity contribution >= 4 is 86.7 Å². The van der Waals surface area contributed by atoms with E-state index in [9.17, 15) is 0 Å². The first-order valence-corrected chi connectivity index (χ1v) is 30.8. The van der Waals surface area contributed by atoms with Gasteiger partial charge in [0.25, 0.3) is 0 Å². The third kappa shape index (κ3) is 9.00. The fraction of sp³-hybridized carbons (Fsp3) is 0. The Kier molecular flexibility index (Phi) is 12.8. The van der Waals surface area contributed by atoms with Gasteiger partial charge >= 0.3 is 0 Å². The molecule has 420 valence electrons. The smallest absolute Gasteiger partial charge is 0.145 e. The summed E-state index contributed by atoms with van der Waals surface area (Å²) in [6.45, 7) is 0. The number of nitrogens with zero attached hydrogens (tertiary/aromatic N) is 4. The standard InChI is InChI=1S/2C43H28N2/c1-3-14-30(15-4-1)43-44-39-28-33(25-26-40(39)45(43)34-17-5-2-6-18-34)42-37-21-11-9-19-35(37)41(36-20-10-12-22-38(36)42)32-24-23-29-13-7-8-16-31(29)27-32;1-2-14-34(15-3-1)45-40-21-11-10-20-39(40)44-43(45)31-25-23-30(24-26-31)41-35-16-6-8-18-37(35)42(38-19-9-7-17-36(38)41)33-27-22-29-12-4-5-13-32(29)28-33/h2*1-28H. The minimum Gasteiger partial charge on any atom is -0.292 e. The molecule has 0 aliphatic carbocycles. The molecule has 16 aromatic carbocycles. The molecule has 18 rings (SSSR count). The van der Waals surface area contributed by atoms with E-state index in [0.29, 0.717) is 0 Å². The van der Waals surface area contributed by atoms with Crippen LogP contribution < -0.4 is 0 Å². The van der Waals surface area contributed by atoms with E-state index in [0.717, 1.165) is 61.8 Å². The van der Waals surface area contributed by atoms with Gasteiger partial charge in [0.15, 0.2) is 0 Å². The first kappa shape index (κ1) is 52.4. The summed E-state index contributed by atoms with van der Waals surface area (Å²) in [6, 6.07) is 122. The highest BCUT2D eigenvalue weighted by atomic mass is 15.1. The summed E-state index contributed by atoms with van der Waals surface area (Å²) in [5.41, 5.74) is 18.4. The zero-order valence-electron chi connectivity index (χ0n) is 49.1. The van der Waals surface area contributed by atoms with Crippen molar-refractivity contribution in [3.8, 4) is 78.7 Å². The fourth-order valence-electron chi connectivity index (χ4n) is 13.9. The summed E-state index contributed by atoms with van der Waals surface area (Å²) < 4.78 is 4.53. The van der Waals surface area contributed by atoms with E-state index in [-0.39, 0.29) is 0 Å². The Hall–Kier alpha value is -12.0. The Morgan fingerprint density at radius 3 is 0.944 bits per heavy atom. The van der Waals surface area contributed by atoms with Gasteiger partial charge < -0.3 is 0 Å². The molecule has 0 amide bonds. The second-order valence-electron chi connectivity index (χ2n) is 23.2. The highest BCUT2D eigenvalue weighted by Crippen LogP contribution is 2.47. The summed E-state index contributed by atoms with van der Waals surface area (Å²) >= 11 is 0. The molecular weight excluding hydrogens is 1090 g/mol. The molecule has 2 aromatic heterocycles. The zero-order chi connectivity index (χ0) is 59.5. The van der Waals surface area contributed by atoms with Crippen LogP contribution in [0.1, 0.15) is 0 Å². The first-order valence-electron chi connectivity index (χ1n) is 30.8. The number of rotatable bonds is 8. The molecule has 0 N–H and O–H groups in total. The van der Waals surface area contributed by atoms with Gasteiger partial charge in [0.1, 0.15) is 11.6 Å². The largest absolute Gasteiger partial charge is 0.292 e. The summed E-state index contributed by atoms with van der Waals surface area (Å²) in [4.78, 5) is 10.4. The van der Waals surface area contributed by atoms with Crippen LogP contribution in [0.25, 0.3) is 165 Å². The van der Waals surface area contributed by atoms with E-state index in [1.54, 1.807) is 0 Å². The number of hydrogen-bond donors (Lipinski definition) is 0. The highest BCUT2D eigenvalue weighted by Gasteiger charge is 2.22. The highest BCUT2D eigenvalue weighted by molar-refractivity contribution is 6.23. The van der Waals surface area contributed by atoms with Crippen molar-refractivity contribution in [2.75, 3.05) is 0 Å². The summed E-state index contributed by atoms with van der Waals surface area (Å²) in [5.74, 6) is 1.88. The molecule has 0 atom stereocenters. The lowest BCUT2D eigenvalue weighted by molar-refractivity contribution is 1.10. The SMILES string of the molecule is c1ccc(-c2nc3cc(-c4c5ccccc5c(-c5ccc6ccccc6c5)c5ccccc45)ccc3n2-c2ccccc2)cc1.c1ccc(-n2c(-c3ccc(-c4c5ccccc5c(-c5ccc6ccccc6c5)c5ccccc45)cc3)nc3ccccc32)cc1. The Labute approximate surface area is 521 Å². The average molecular weight is 1150 g/mol. The van der Waals surface area contributed by atoms with Crippen LogP contribution in [0.4, 0.5) is 0 Å². The molecule has 0 spiro atoms. The second kappa shape index (κ2) is 22.1. The molecule has 0 saturated carbocycles. The number of benzene rings is 16. The quantitative estimate of drug-likeness (QED) is 0.142. The molecule has 2 heterocycles. The second-order valence-corrected chi connectivity index (χ2v) is 23.2. The van der Waals surface area contributed by atoms with E-state index in [1.165, 1.54) is 104 Å². The van der Waals surface area contributed by atoms with Crippen molar-refractivity contribution in [2.24, 2.45) is 0 Å². The van der Waals surface area contributed by atoms with Crippen LogP contribution in [0.15, 0.2) is 340 Å². The van der Waals surface area contributed by atoms with Gasteiger partial charge in [-0.15, -0.1) is 0 Å². The van der Waals surface area contributed by atoms with Crippen LogP contribution in [0, 0.1) is 0 Å². The van der Waals surface area contributed by atoms with Crippen molar-refractivity contribution in [2.45, 2.75) is 0 Å². The van der Waals surface area contributed by atoms with Crippen molar-refractivity contribution in [1.82, 2.24) is 19.1 Å². The summed E-state index contributed by atoms with van der Waals surface area (Å²) in [6.07, 6.45) is 0.